The summed E-state index contributed by atoms with van der Waals surface area (Å²) in [6.45, 7) is 10.3. The minimum absolute atomic E-state index is 0.0910. The van der Waals surface area contributed by atoms with Crippen LogP contribution in [0.25, 0.3) is 0 Å². The first-order valence-corrected chi connectivity index (χ1v) is 7.60. The molecule has 1 unspecified atom stereocenters. The Morgan fingerprint density at radius 1 is 1.47 bits per heavy atom. The fourth-order valence-electron chi connectivity index (χ4n) is 1.91. The quantitative estimate of drug-likeness (QED) is 0.841. The zero-order valence-electron chi connectivity index (χ0n) is 12.5. The van der Waals surface area contributed by atoms with E-state index in [0.717, 1.165) is 21.7 Å². The first-order valence-electron chi connectivity index (χ1n) is 6.79. The molecule has 0 radical (unpaired) electrons. The summed E-state index contributed by atoms with van der Waals surface area (Å²) >= 11 is 1.62. The molecular weight excluding hydrogens is 258 g/mol. The van der Waals surface area contributed by atoms with E-state index in [1.54, 1.807) is 18.3 Å². The Kier molecular flexibility index (Phi) is 5.56. The Balaban J connectivity index is 2.52. The third-order valence-electron chi connectivity index (χ3n) is 3.18. The highest BCUT2D eigenvalue weighted by atomic mass is 32.1. The number of nitrogens with one attached hydrogen (secondary N) is 1. The van der Waals surface area contributed by atoms with E-state index in [9.17, 15) is 9.90 Å². The summed E-state index contributed by atoms with van der Waals surface area (Å²) in [6, 6.07) is 1.90. The molecule has 0 aliphatic carbocycles. The second-order valence-electron chi connectivity index (χ2n) is 5.94. The molecule has 3 nitrogen and oxygen atoms in total. The smallest absolute Gasteiger partial charge is 0.252 e. The maximum atomic E-state index is 12.0. The highest BCUT2D eigenvalue weighted by molar-refractivity contribution is 7.12. The minimum atomic E-state index is -0.834. The number of carbonyl (C=O) groups excluding carboxylic acids is 1. The molecule has 2 N–H and O–H groups in total. The molecule has 0 aliphatic rings. The lowest BCUT2D eigenvalue weighted by Gasteiger charge is -2.24. The van der Waals surface area contributed by atoms with Crippen molar-refractivity contribution in [1.29, 1.82) is 0 Å². The summed E-state index contributed by atoms with van der Waals surface area (Å²) < 4.78 is 0. The lowest BCUT2D eigenvalue weighted by atomic mass is 9.95. The van der Waals surface area contributed by atoms with Gasteiger partial charge in [0, 0.05) is 16.3 Å². The summed E-state index contributed by atoms with van der Waals surface area (Å²) in [5.74, 6) is 0.468. The maximum absolute atomic E-state index is 12.0. The van der Waals surface area contributed by atoms with Crippen LogP contribution in [0.5, 0.6) is 0 Å². The van der Waals surface area contributed by atoms with E-state index in [-0.39, 0.29) is 5.91 Å². The molecule has 0 saturated carbocycles. The highest BCUT2D eigenvalue weighted by Crippen LogP contribution is 2.21. The van der Waals surface area contributed by atoms with Crippen LogP contribution >= 0.6 is 11.3 Å². The average molecular weight is 283 g/mol. The third kappa shape index (κ3) is 5.33. The van der Waals surface area contributed by atoms with Crippen molar-refractivity contribution >= 4 is 17.2 Å². The lowest BCUT2D eigenvalue weighted by molar-refractivity contribution is 0.0429. The molecule has 4 heteroatoms. The number of rotatable bonds is 6. The highest BCUT2D eigenvalue weighted by Gasteiger charge is 2.22. The number of thiophene rings is 1. The van der Waals surface area contributed by atoms with Gasteiger partial charge in [0.05, 0.1) is 11.2 Å². The van der Waals surface area contributed by atoms with Crippen LogP contribution in [0.2, 0.25) is 0 Å². The summed E-state index contributed by atoms with van der Waals surface area (Å²) in [4.78, 5) is 14.2. The van der Waals surface area contributed by atoms with Crippen LogP contribution in [0.15, 0.2) is 6.07 Å². The normalized spacial score (nSPS) is 14.5. The molecule has 0 saturated heterocycles. The first kappa shape index (κ1) is 16.2. The van der Waals surface area contributed by atoms with Gasteiger partial charge in [0.2, 0.25) is 0 Å². The fourth-order valence-corrected chi connectivity index (χ4v) is 2.83. The molecule has 0 fully saturated rings. The minimum Gasteiger partial charge on any atom is -0.388 e. The number of hydrogen-bond donors (Lipinski definition) is 2. The Morgan fingerprint density at radius 3 is 2.58 bits per heavy atom. The van der Waals surface area contributed by atoms with Crippen molar-refractivity contribution in [2.75, 3.05) is 6.54 Å². The molecule has 1 rings (SSSR count). The van der Waals surface area contributed by atoms with Gasteiger partial charge in [-0.15, -0.1) is 11.3 Å². The SMILES string of the molecule is Cc1cc(C(=O)NCC(C)(O)CCC(C)C)c(C)s1. The van der Waals surface area contributed by atoms with E-state index in [1.807, 2.05) is 19.9 Å². The first-order chi connectivity index (χ1) is 8.71. The van der Waals surface area contributed by atoms with Crippen molar-refractivity contribution in [3.05, 3.63) is 21.4 Å². The van der Waals surface area contributed by atoms with E-state index < -0.39 is 5.60 Å². The van der Waals surface area contributed by atoms with Gasteiger partial charge in [-0.05, 0) is 45.6 Å². The second kappa shape index (κ2) is 6.53. The van der Waals surface area contributed by atoms with Crippen molar-refractivity contribution in [1.82, 2.24) is 5.32 Å². The van der Waals surface area contributed by atoms with Crippen molar-refractivity contribution in [2.45, 2.75) is 53.1 Å². The van der Waals surface area contributed by atoms with Crippen LogP contribution in [-0.4, -0.2) is 23.2 Å². The standard InChI is InChI=1S/C15H25NO2S/c1-10(2)6-7-15(5,18)9-16-14(17)13-8-11(3)19-12(13)4/h8,10,18H,6-7,9H2,1-5H3,(H,16,17). The molecular formula is C15H25NO2S. The summed E-state index contributed by atoms with van der Waals surface area (Å²) in [6.07, 6.45) is 1.66. The van der Waals surface area contributed by atoms with Crippen molar-refractivity contribution in [2.24, 2.45) is 5.92 Å². The number of aliphatic hydroxyl groups is 1. The Labute approximate surface area is 120 Å². The van der Waals surface area contributed by atoms with Crippen molar-refractivity contribution < 1.29 is 9.90 Å². The molecule has 1 aromatic heterocycles. The molecule has 0 aromatic carbocycles. The van der Waals surface area contributed by atoms with Crippen LogP contribution in [0.4, 0.5) is 0 Å². The maximum Gasteiger partial charge on any atom is 0.252 e. The molecule has 1 atom stereocenters. The third-order valence-corrected chi connectivity index (χ3v) is 4.14. The van der Waals surface area contributed by atoms with E-state index >= 15 is 0 Å². The van der Waals surface area contributed by atoms with Gasteiger partial charge in [0.15, 0.2) is 0 Å². The van der Waals surface area contributed by atoms with Crippen LogP contribution in [0, 0.1) is 19.8 Å². The van der Waals surface area contributed by atoms with Crippen LogP contribution in [-0.2, 0) is 0 Å². The number of hydrogen-bond acceptors (Lipinski definition) is 3. The average Bonchev–Trinajstić information content (AvgIpc) is 2.63. The molecule has 1 heterocycles. The summed E-state index contributed by atoms with van der Waals surface area (Å²) in [5, 5.41) is 13.1. The Bertz CT molecular complexity index is 435. The van der Waals surface area contributed by atoms with Gasteiger partial charge in [0.25, 0.3) is 5.91 Å². The van der Waals surface area contributed by atoms with E-state index in [2.05, 4.69) is 19.2 Å². The van der Waals surface area contributed by atoms with Crippen molar-refractivity contribution in [3.8, 4) is 0 Å². The monoisotopic (exact) mass is 283 g/mol. The molecule has 0 bridgehead atoms. The Morgan fingerprint density at radius 2 is 2.11 bits per heavy atom. The zero-order valence-corrected chi connectivity index (χ0v) is 13.4. The van der Waals surface area contributed by atoms with Crippen LogP contribution < -0.4 is 5.32 Å². The van der Waals surface area contributed by atoms with E-state index in [4.69, 9.17) is 0 Å². The molecule has 1 aromatic rings. The van der Waals surface area contributed by atoms with E-state index in [0.29, 0.717) is 18.9 Å². The van der Waals surface area contributed by atoms with Gasteiger partial charge in [-0.25, -0.2) is 0 Å². The second-order valence-corrected chi connectivity index (χ2v) is 7.40. The number of carbonyl (C=O) groups is 1. The van der Waals surface area contributed by atoms with Crippen LogP contribution in [0.3, 0.4) is 0 Å². The van der Waals surface area contributed by atoms with Gasteiger partial charge < -0.3 is 10.4 Å². The van der Waals surface area contributed by atoms with Crippen molar-refractivity contribution in [3.63, 3.8) is 0 Å². The largest absolute Gasteiger partial charge is 0.388 e. The zero-order chi connectivity index (χ0) is 14.6. The van der Waals surface area contributed by atoms with Gasteiger partial charge >= 0.3 is 0 Å². The van der Waals surface area contributed by atoms with Gasteiger partial charge in [0.1, 0.15) is 0 Å². The fraction of sp³-hybridized carbons (Fsp3) is 0.667. The Hall–Kier alpha value is -0.870. The van der Waals surface area contributed by atoms with Gasteiger partial charge in [-0.1, -0.05) is 13.8 Å². The molecule has 0 spiro atoms. The number of amides is 1. The predicted octanol–water partition coefficient (Wildman–Crippen LogP) is 3.28. The number of aryl methyl sites for hydroxylation is 2. The van der Waals surface area contributed by atoms with Gasteiger partial charge in [-0.3, -0.25) is 4.79 Å². The van der Waals surface area contributed by atoms with Crippen LogP contribution in [0.1, 0.15) is 53.7 Å². The molecule has 19 heavy (non-hydrogen) atoms. The molecule has 108 valence electrons. The lowest BCUT2D eigenvalue weighted by Crippen LogP contribution is -2.40. The summed E-state index contributed by atoms with van der Waals surface area (Å²) in [5.41, 5.74) is -0.110. The summed E-state index contributed by atoms with van der Waals surface area (Å²) in [7, 11) is 0. The van der Waals surface area contributed by atoms with E-state index in [1.165, 1.54) is 0 Å². The molecule has 1 amide bonds. The predicted molar refractivity (Wildman–Crippen MR) is 80.8 cm³/mol. The topological polar surface area (TPSA) is 49.3 Å². The molecule has 0 aliphatic heterocycles. The van der Waals surface area contributed by atoms with Gasteiger partial charge in [-0.2, -0.15) is 0 Å².